The maximum atomic E-state index is 12.8. The van der Waals surface area contributed by atoms with Crippen molar-refractivity contribution in [1.29, 1.82) is 0 Å². The molecular weight excluding hydrogens is 197 g/mol. The molecule has 0 radical (unpaired) electrons. The Balaban J connectivity index is 1.96. The van der Waals surface area contributed by atoms with Crippen LogP contribution in [0.1, 0.15) is 13.3 Å². The van der Waals surface area contributed by atoms with Gasteiger partial charge in [0.15, 0.2) is 5.75 Å². The molecule has 0 spiro atoms. The van der Waals surface area contributed by atoms with Crippen LogP contribution in [-0.4, -0.2) is 11.3 Å². The van der Waals surface area contributed by atoms with Crippen molar-refractivity contribution in [3.05, 3.63) is 42.4 Å². The first-order valence-corrected chi connectivity index (χ1v) is 4.86. The Hall–Kier alpha value is -1.55. The number of hydrogen-bond acceptors (Lipinski definition) is 3. The van der Waals surface area contributed by atoms with E-state index in [0.717, 1.165) is 6.42 Å². The fourth-order valence-electron chi connectivity index (χ4n) is 1.26. The minimum Gasteiger partial charge on any atom is -0.354 e. The first-order chi connectivity index (χ1) is 7.28. The van der Waals surface area contributed by atoms with Gasteiger partial charge in [0, 0.05) is 6.07 Å². The van der Waals surface area contributed by atoms with E-state index in [0.29, 0.717) is 5.75 Å². The minimum absolute atomic E-state index is 0.0403. The molecule has 3 nitrogen and oxygen atoms in total. The van der Waals surface area contributed by atoms with Gasteiger partial charge in [0.2, 0.25) is 0 Å². The molecule has 0 saturated carbocycles. The largest absolute Gasteiger partial charge is 0.354 e. The van der Waals surface area contributed by atoms with Crippen LogP contribution < -0.4 is 4.84 Å². The smallest absolute Gasteiger partial charge is 0.161 e. The Bertz CT molecular complexity index is 367. The molecule has 0 aliphatic carbocycles. The monoisotopic (exact) mass is 209 g/mol. The summed E-state index contributed by atoms with van der Waals surface area (Å²) >= 11 is 0. The van der Waals surface area contributed by atoms with E-state index in [2.05, 4.69) is 0 Å². The summed E-state index contributed by atoms with van der Waals surface area (Å²) in [6, 6.07) is 5.92. The third kappa shape index (κ3) is 2.47. The third-order valence-electron chi connectivity index (χ3n) is 2.06. The quantitative estimate of drug-likeness (QED) is 0.763. The molecule has 1 heterocycles. The van der Waals surface area contributed by atoms with Crippen molar-refractivity contribution in [2.75, 3.05) is 0 Å². The Morgan fingerprint density at radius 2 is 2.40 bits per heavy atom. The van der Waals surface area contributed by atoms with Crippen molar-refractivity contribution in [2.45, 2.75) is 19.4 Å². The molecule has 4 heteroatoms. The number of hydroxylamine groups is 2. The van der Waals surface area contributed by atoms with Crippen LogP contribution in [0.2, 0.25) is 0 Å². The lowest BCUT2D eigenvalue weighted by Crippen LogP contribution is -2.21. The Morgan fingerprint density at radius 1 is 1.53 bits per heavy atom. The van der Waals surface area contributed by atoms with Crippen molar-refractivity contribution in [3.8, 4) is 5.75 Å². The van der Waals surface area contributed by atoms with Crippen LogP contribution in [0.25, 0.3) is 0 Å². The zero-order chi connectivity index (χ0) is 10.7. The molecule has 0 aromatic heterocycles. The van der Waals surface area contributed by atoms with Gasteiger partial charge in [-0.1, -0.05) is 18.2 Å². The lowest BCUT2D eigenvalue weighted by molar-refractivity contribution is -0.284. The van der Waals surface area contributed by atoms with Crippen molar-refractivity contribution in [3.63, 3.8) is 0 Å². The van der Waals surface area contributed by atoms with Crippen LogP contribution >= 0.6 is 0 Å². The van der Waals surface area contributed by atoms with Crippen LogP contribution in [0, 0.1) is 5.82 Å². The zero-order valence-corrected chi connectivity index (χ0v) is 8.39. The summed E-state index contributed by atoms with van der Waals surface area (Å²) in [7, 11) is 0. The van der Waals surface area contributed by atoms with Gasteiger partial charge in [-0.25, -0.2) is 9.23 Å². The van der Waals surface area contributed by atoms with Gasteiger partial charge < -0.3 is 4.84 Å². The number of rotatable bonds is 3. The normalized spacial score (nSPS) is 19.6. The van der Waals surface area contributed by atoms with E-state index in [1.54, 1.807) is 18.3 Å². The predicted octanol–water partition coefficient (Wildman–Crippen LogP) is 2.66. The Kier molecular flexibility index (Phi) is 2.87. The average Bonchev–Trinajstić information content (AvgIpc) is 2.65. The van der Waals surface area contributed by atoms with Gasteiger partial charge in [0.1, 0.15) is 11.9 Å². The maximum absolute atomic E-state index is 12.8. The van der Waals surface area contributed by atoms with Gasteiger partial charge >= 0.3 is 0 Å². The second-order valence-electron chi connectivity index (χ2n) is 3.23. The molecule has 15 heavy (non-hydrogen) atoms. The predicted molar refractivity (Wildman–Crippen MR) is 53.2 cm³/mol. The van der Waals surface area contributed by atoms with E-state index in [1.165, 1.54) is 17.4 Å². The summed E-state index contributed by atoms with van der Waals surface area (Å²) in [4.78, 5) is 10.6. The number of benzene rings is 1. The van der Waals surface area contributed by atoms with Gasteiger partial charge in [0.25, 0.3) is 0 Å². The molecule has 0 bridgehead atoms. The van der Waals surface area contributed by atoms with E-state index >= 15 is 0 Å². The van der Waals surface area contributed by atoms with Crippen LogP contribution in [0.15, 0.2) is 36.5 Å². The molecule has 1 atom stereocenters. The van der Waals surface area contributed by atoms with Crippen LogP contribution in [0.5, 0.6) is 5.75 Å². The zero-order valence-electron chi connectivity index (χ0n) is 8.39. The molecule has 1 aromatic carbocycles. The topological polar surface area (TPSA) is 21.7 Å². The van der Waals surface area contributed by atoms with Gasteiger partial charge in [-0.2, -0.15) is 0 Å². The number of halogens is 1. The van der Waals surface area contributed by atoms with E-state index in [-0.39, 0.29) is 11.9 Å². The highest BCUT2D eigenvalue weighted by molar-refractivity contribution is 5.22. The molecule has 1 aliphatic heterocycles. The molecule has 0 fully saturated rings. The summed E-state index contributed by atoms with van der Waals surface area (Å²) in [6.45, 7) is 2.01. The van der Waals surface area contributed by atoms with Crippen molar-refractivity contribution in [2.24, 2.45) is 0 Å². The second kappa shape index (κ2) is 4.31. The molecule has 0 saturated heterocycles. The van der Waals surface area contributed by atoms with E-state index in [4.69, 9.17) is 9.68 Å². The molecular formula is C11H12FNO2. The summed E-state index contributed by atoms with van der Waals surface area (Å²) in [5.41, 5.74) is 0. The lowest BCUT2D eigenvalue weighted by atomic mass is 10.3. The van der Waals surface area contributed by atoms with Gasteiger partial charge in [-0.15, -0.1) is 0 Å². The number of hydrogen-bond donors (Lipinski definition) is 0. The summed E-state index contributed by atoms with van der Waals surface area (Å²) < 4.78 is 12.8. The van der Waals surface area contributed by atoms with E-state index in [9.17, 15) is 4.39 Å². The first kappa shape index (κ1) is 9.98. The second-order valence-corrected chi connectivity index (χ2v) is 3.23. The minimum atomic E-state index is -0.331. The summed E-state index contributed by atoms with van der Waals surface area (Å²) in [5.74, 6) is 0.0825. The molecule has 1 aliphatic rings. The molecule has 1 unspecified atom stereocenters. The fraction of sp³-hybridized carbons (Fsp3) is 0.273. The molecule has 80 valence electrons. The molecule has 2 rings (SSSR count). The Labute approximate surface area is 87.6 Å². The highest BCUT2D eigenvalue weighted by atomic mass is 19.1. The van der Waals surface area contributed by atoms with Gasteiger partial charge in [-0.05, 0) is 24.6 Å². The summed E-state index contributed by atoms with van der Waals surface area (Å²) in [5, 5.41) is 1.24. The first-order valence-electron chi connectivity index (χ1n) is 4.86. The molecule has 1 aromatic rings. The Morgan fingerprint density at radius 3 is 3.07 bits per heavy atom. The maximum Gasteiger partial charge on any atom is 0.161 e. The van der Waals surface area contributed by atoms with Crippen molar-refractivity contribution >= 4 is 0 Å². The van der Waals surface area contributed by atoms with E-state index < -0.39 is 0 Å². The fourth-order valence-corrected chi connectivity index (χ4v) is 1.26. The molecule has 0 N–H and O–H groups in total. The third-order valence-corrected chi connectivity index (χ3v) is 2.06. The standard InChI is InChI=1S/C11H12FNO2/c1-2-10-6-7-13(14-10)15-11-5-3-4-9(12)8-11/h3-8,10H,2H2,1H3. The lowest BCUT2D eigenvalue weighted by Gasteiger charge is -2.16. The van der Waals surface area contributed by atoms with Crippen molar-refractivity contribution in [1.82, 2.24) is 5.23 Å². The molecule has 0 amide bonds. The van der Waals surface area contributed by atoms with E-state index in [1.807, 2.05) is 13.0 Å². The van der Waals surface area contributed by atoms with Gasteiger partial charge in [-0.3, -0.25) is 0 Å². The highest BCUT2D eigenvalue weighted by Gasteiger charge is 2.16. The average molecular weight is 209 g/mol. The van der Waals surface area contributed by atoms with Crippen LogP contribution in [0.4, 0.5) is 4.39 Å². The van der Waals surface area contributed by atoms with Gasteiger partial charge in [0.05, 0.1) is 6.20 Å². The number of nitrogens with zero attached hydrogens (tertiary/aromatic N) is 1. The van der Waals surface area contributed by atoms with Crippen LogP contribution in [0.3, 0.4) is 0 Å². The summed E-state index contributed by atoms with van der Waals surface area (Å²) in [6.07, 6.45) is 4.48. The van der Waals surface area contributed by atoms with Crippen molar-refractivity contribution < 1.29 is 14.1 Å². The highest BCUT2D eigenvalue weighted by Crippen LogP contribution is 2.18. The SMILES string of the molecule is CCC1C=CN(Oc2cccc(F)c2)O1. The van der Waals surface area contributed by atoms with Crippen LogP contribution in [-0.2, 0) is 4.84 Å².